The van der Waals surface area contributed by atoms with Gasteiger partial charge in [-0.15, -0.1) is 0 Å². The van der Waals surface area contributed by atoms with Crippen LogP contribution in [0.4, 0.5) is 0 Å². The van der Waals surface area contributed by atoms with E-state index in [1.54, 1.807) is 0 Å². The molecule has 0 unspecified atom stereocenters. The molecule has 1 heterocycles. The molecule has 0 aliphatic carbocycles. The molecule has 1 N–H and O–H groups in total. The van der Waals surface area contributed by atoms with Crippen molar-refractivity contribution in [2.45, 2.75) is 135 Å². The van der Waals surface area contributed by atoms with Crippen LogP contribution in [0.25, 0.3) is 0 Å². The molecule has 33 heavy (non-hydrogen) atoms. The van der Waals surface area contributed by atoms with Crippen LogP contribution in [0, 0.1) is 5.21 Å². The zero-order valence-electron chi connectivity index (χ0n) is 24.2. The van der Waals surface area contributed by atoms with Gasteiger partial charge in [0.05, 0.1) is 0 Å². The zero-order valence-corrected chi connectivity index (χ0v) is 27.2. The molecule has 0 aromatic heterocycles. The first-order valence-electron chi connectivity index (χ1n) is 12.3. The molecule has 1 rings (SSSR count). The van der Waals surface area contributed by atoms with Crippen molar-refractivity contribution in [2.24, 2.45) is 0 Å². The summed E-state index contributed by atoms with van der Waals surface area (Å²) < 4.78 is 20.7. The monoisotopic (exact) mass is 519 g/mol. The molecule has 0 bridgehead atoms. The van der Waals surface area contributed by atoms with Gasteiger partial charge >= 0.3 is 0 Å². The van der Waals surface area contributed by atoms with E-state index < -0.39 is 43.3 Å². The molecular formula is C24H53NO5Si3. The Bertz CT molecular complexity index is 715. The average molecular weight is 520 g/mol. The number of hydrogen-bond donors (Lipinski definition) is 1. The highest BCUT2D eigenvalue weighted by Gasteiger charge is 2.52. The molecule has 3 atom stereocenters. The van der Waals surface area contributed by atoms with Gasteiger partial charge in [-0.3, -0.25) is 0 Å². The summed E-state index contributed by atoms with van der Waals surface area (Å²) in [6, 6.07) is 0. The van der Waals surface area contributed by atoms with E-state index in [0.29, 0.717) is 5.71 Å². The molecule has 0 saturated heterocycles. The van der Waals surface area contributed by atoms with E-state index in [2.05, 4.69) is 102 Å². The minimum Gasteiger partial charge on any atom is -0.624 e. The number of aliphatic hydroxyl groups excluding tert-OH is 1. The summed E-state index contributed by atoms with van der Waals surface area (Å²) >= 11 is 0. The van der Waals surface area contributed by atoms with E-state index in [9.17, 15) is 10.3 Å². The predicted octanol–water partition coefficient (Wildman–Crippen LogP) is 6.11. The summed E-state index contributed by atoms with van der Waals surface area (Å²) in [5, 5.41) is 24.6. The van der Waals surface area contributed by atoms with Gasteiger partial charge in [0.25, 0.3) is 0 Å². The normalized spacial score (nSPS) is 24.4. The van der Waals surface area contributed by atoms with Crippen LogP contribution in [-0.4, -0.2) is 72.0 Å². The van der Waals surface area contributed by atoms with Crippen molar-refractivity contribution in [3.8, 4) is 0 Å². The smallest absolute Gasteiger partial charge is 0.219 e. The number of rotatable bonds is 7. The first-order valence-corrected chi connectivity index (χ1v) is 21.0. The first-order chi connectivity index (χ1) is 14.3. The lowest BCUT2D eigenvalue weighted by Crippen LogP contribution is -2.63. The fourth-order valence-electron chi connectivity index (χ4n) is 2.87. The van der Waals surface area contributed by atoms with Crippen molar-refractivity contribution in [2.75, 3.05) is 13.2 Å². The third-order valence-corrected chi connectivity index (χ3v) is 22.0. The molecule has 1 aliphatic heterocycles. The highest BCUT2D eigenvalue weighted by Crippen LogP contribution is 2.42. The Labute approximate surface area is 207 Å². The van der Waals surface area contributed by atoms with Gasteiger partial charge in [-0.25, -0.2) is 4.74 Å². The van der Waals surface area contributed by atoms with Gasteiger partial charge in [0.15, 0.2) is 37.6 Å². The van der Waals surface area contributed by atoms with Crippen molar-refractivity contribution in [1.82, 2.24) is 0 Å². The van der Waals surface area contributed by atoms with Crippen molar-refractivity contribution in [1.29, 1.82) is 0 Å². The molecule has 0 radical (unpaired) electrons. The summed E-state index contributed by atoms with van der Waals surface area (Å²) in [6.07, 6.45) is -2.11. The maximum absolute atomic E-state index is 13.2. The summed E-state index contributed by atoms with van der Waals surface area (Å²) in [6.45, 7) is 32.9. The van der Waals surface area contributed by atoms with Crippen LogP contribution in [0.2, 0.25) is 54.4 Å². The van der Waals surface area contributed by atoms with Gasteiger partial charge in [-0.1, -0.05) is 62.3 Å². The lowest BCUT2D eigenvalue weighted by molar-refractivity contribution is -0.484. The van der Waals surface area contributed by atoms with Gasteiger partial charge in [-0.2, -0.15) is 0 Å². The zero-order chi connectivity index (χ0) is 26.4. The highest BCUT2D eigenvalue weighted by molar-refractivity contribution is 6.75. The average Bonchev–Trinajstić information content (AvgIpc) is 2.54. The first kappa shape index (κ1) is 31.0. The van der Waals surface area contributed by atoms with Crippen LogP contribution in [0.15, 0.2) is 0 Å². The van der Waals surface area contributed by atoms with E-state index in [-0.39, 0.29) is 28.3 Å². The van der Waals surface area contributed by atoms with Crippen LogP contribution < -0.4 is 0 Å². The van der Waals surface area contributed by atoms with E-state index in [1.807, 2.05) is 0 Å². The maximum Gasteiger partial charge on any atom is 0.219 e. The van der Waals surface area contributed by atoms with Crippen LogP contribution in [-0.2, 0) is 13.3 Å². The third kappa shape index (κ3) is 7.24. The fourth-order valence-corrected chi connectivity index (χ4v) is 6.45. The van der Waals surface area contributed by atoms with E-state index >= 15 is 0 Å². The van der Waals surface area contributed by atoms with E-state index in [1.165, 1.54) is 0 Å². The minimum absolute atomic E-state index is 0.0113. The van der Waals surface area contributed by atoms with E-state index in [4.69, 9.17) is 13.3 Å². The van der Waals surface area contributed by atoms with Gasteiger partial charge in [0.1, 0.15) is 18.8 Å². The summed E-state index contributed by atoms with van der Waals surface area (Å²) in [5.41, 5.74) is 0.360. The Kier molecular flexibility index (Phi) is 9.19. The molecular weight excluding hydrogens is 467 g/mol. The molecule has 1 aliphatic rings. The van der Waals surface area contributed by atoms with Crippen molar-refractivity contribution in [3.63, 3.8) is 0 Å². The minimum atomic E-state index is -2.23. The van der Waals surface area contributed by atoms with Gasteiger partial charge in [-0.05, 0) is 54.4 Å². The van der Waals surface area contributed by atoms with Crippen LogP contribution in [0.3, 0.4) is 0 Å². The lowest BCUT2D eigenvalue weighted by Gasteiger charge is -2.47. The molecule has 6 nitrogen and oxygen atoms in total. The number of hydrogen-bond acceptors (Lipinski definition) is 5. The number of aliphatic hydroxyl groups is 1. The summed E-state index contributed by atoms with van der Waals surface area (Å²) in [7, 11) is -6.49. The Balaban J connectivity index is 3.36. The van der Waals surface area contributed by atoms with Crippen molar-refractivity contribution >= 4 is 30.7 Å². The SMILES string of the molecule is CC(C)(C)[Si](C)(C)OCC1=[N+]([O-])C[C@H](O[Si](C)(C)C(C)(C)C)[C@@H](O[Si](C)(C)C(C)(C)C)[C@@H]1O. The molecule has 0 fully saturated rings. The highest BCUT2D eigenvalue weighted by atomic mass is 28.4. The second-order valence-corrected chi connectivity index (χ2v) is 28.6. The second kappa shape index (κ2) is 9.78. The molecule has 0 aromatic rings. The van der Waals surface area contributed by atoms with Gasteiger partial charge < -0.3 is 23.6 Å². The van der Waals surface area contributed by atoms with Gasteiger partial charge in [0, 0.05) is 0 Å². The van der Waals surface area contributed by atoms with Crippen LogP contribution in [0.5, 0.6) is 0 Å². The standard InChI is InChI=1S/C24H53NO5Si3/c1-22(2,3)31(10,11)28-17-18-20(26)21(30-33(14,15)24(7,8)9)19(16-25(18)27)29-32(12,13)23(4,5)6/h19-21,26H,16-17H2,1-15H3/t19-,20+,21+/m0/s1. The van der Waals surface area contributed by atoms with Crippen LogP contribution in [0.1, 0.15) is 62.3 Å². The Hall–Kier alpha value is -0.0394. The second-order valence-electron chi connectivity index (χ2n) is 14.3. The molecule has 0 spiro atoms. The molecule has 9 heteroatoms. The van der Waals surface area contributed by atoms with E-state index in [0.717, 1.165) is 4.74 Å². The van der Waals surface area contributed by atoms with Crippen LogP contribution >= 0.6 is 0 Å². The Morgan fingerprint density at radius 1 is 0.788 bits per heavy atom. The molecule has 0 saturated carbocycles. The van der Waals surface area contributed by atoms with Crippen molar-refractivity contribution in [3.05, 3.63) is 5.21 Å². The molecule has 0 amide bonds. The topological polar surface area (TPSA) is 74.0 Å². The Morgan fingerprint density at radius 2 is 1.18 bits per heavy atom. The number of nitrogens with zero attached hydrogens (tertiary/aromatic N) is 1. The predicted molar refractivity (Wildman–Crippen MR) is 147 cm³/mol. The molecule has 0 aromatic carbocycles. The third-order valence-electron chi connectivity index (χ3n) is 8.56. The lowest BCUT2D eigenvalue weighted by atomic mass is 10.0. The summed E-state index contributed by atoms with van der Waals surface area (Å²) in [4.78, 5) is 0. The maximum atomic E-state index is 13.2. The fraction of sp³-hybridized carbons (Fsp3) is 0.958. The summed E-state index contributed by atoms with van der Waals surface area (Å²) in [5.74, 6) is 0. The van der Waals surface area contributed by atoms with Gasteiger partial charge in [0.2, 0.25) is 5.71 Å². The quantitative estimate of drug-likeness (QED) is 0.249. The largest absolute Gasteiger partial charge is 0.624 e. The number of hydroxylamine groups is 1. The Morgan fingerprint density at radius 3 is 1.58 bits per heavy atom. The van der Waals surface area contributed by atoms with Crippen molar-refractivity contribution < 1.29 is 23.1 Å². The molecule has 196 valence electrons.